The van der Waals surface area contributed by atoms with Crippen LogP contribution in [-0.4, -0.2) is 4.98 Å². The normalized spacial score (nSPS) is 17.8. The molecule has 2 aliphatic rings. The van der Waals surface area contributed by atoms with Crippen LogP contribution in [0.3, 0.4) is 0 Å². The first-order chi connectivity index (χ1) is 12.3. The van der Waals surface area contributed by atoms with Crippen LogP contribution in [0.1, 0.15) is 54.1 Å². The summed E-state index contributed by atoms with van der Waals surface area (Å²) in [6.45, 7) is 5.45. The van der Waals surface area contributed by atoms with Crippen LogP contribution in [0.4, 0.5) is 0 Å². The zero-order chi connectivity index (χ0) is 17.2. The first kappa shape index (κ1) is 16.2. The maximum absolute atomic E-state index is 3.42. The van der Waals surface area contributed by atoms with Gasteiger partial charge in [0.15, 0.2) is 0 Å². The van der Waals surface area contributed by atoms with Gasteiger partial charge in [-0.2, -0.15) is 0 Å². The summed E-state index contributed by atoms with van der Waals surface area (Å²) in [5.74, 6) is 0. The van der Waals surface area contributed by atoms with Gasteiger partial charge in [-0.25, -0.2) is 0 Å². The van der Waals surface area contributed by atoms with E-state index in [0.717, 1.165) is 13.0 Å². The van der Waals surface area contributed by atoms with E-state index in [2.05, 4.69) is 78.9 Å². The molecule has 1 atom stereocenters. The lowest BCUT2D eigenvalue weighted by Gasteiger charge is -2.11. The smallest absolute Gasteiger partial charge is 0.0533 e. The van der Waals surface area contributed by atoms with Gasteiger partial charge in [-0.05, 0) is 48.4 Å². The fraction of sp³-hybridized carbons (Fsp3) is 0.304. The molecule has 0 radical (unpaired) electrons. The van der Waals surface area contributed by atoms with E-state index in [0.29, 0.717) is 6.04 Å². The lowest BCUT2D eigenvalue weighted by molar-refractivity contribution is 0.633. The molecular weight excluding hydrogens is 304 g/mol. The zero-order valence-corrected chi connectivity index (χ0v) is 15.1. The molecule has 2 N–H and O–H groups in total. The number of benzene rings is 2. The highest BCUT2D eigenvalue weighted by atomic mass is 14.9. The summed E-state index contributed by atoms with van der Waals surface area (Å²) in [6, 6.07) is 13.7. The molecule has 5 rings (SSSR count). The molecule has 1 aliphatic carbocycles. The molecule has 0 saturated carbocycles. The molecule has 0 amide bonds. The third kappa shape index (κ3) is 3.03. The van der Waals surface area contributed by atoms with Gasteiger partial charge >= 0.3 is 0 Å². The van der Waals surface area contributed by atoms with Crippen molar-refractivity contribution < 1.29 is 0 Å². The van der Waals surface area contributed by atoms with Crippen molar-refractivity contribution in [2.75, 3.05) is 0 Å². The zero-order valence-electron chi connectivity index (χ0n) is 15.1. The molecule has 0 bridgehead atoms. The lowest BCUT2D eigenvalue weighted by atomic mass is 9.94. The molecule has 128 valence electrons. The highest BCUT2D eigenvalue weighted by Gasteiger charge is 2.15. The minimum Gasteiger partial charge on any atom is -0.360 e. The number of hydrogen-bond acceptors (Lipinski definition) is 1. The number of rotatable bonds is 1. The predicted octanol–water partition coefficient (Wildman–Crippen LogP) is 5.54. The van der Waals surface area contributed by atoms with Crippen molar-refractivity contribution in [3.63, 3.8) is 0 Å². The minimum absolute atomic E-state index is 0.552. The Kier molecular flexibility index (Phi) is 4.46. The van der Waals surface area contributed by atoms with Gasteiger partial charge in [0.2, 0.25) is 0 Å². The van der Waals surface area contributed by atoms with Gasteiger partial charge in [0.05, 0.1) is 5.52 Å². The Morgan fingerprint density at radius 2 is 1.96 bits per heavy atom. The van der Waals surface area contributed by atoms with Crippen LogP contribution in [0.15, 0.2) is 48.7 Å². The third-order valence-electron chi connectivity index (χ3n) is 5.44. The summed E-state index contributed by atoms with van der Waals surface area (Å²) in [6.07, 6.45) is 10.1. The van der Waals surface area contributed by atoms with E-state index in [9.17, 15) is 0 Å². The van der Waals surface area contributed by atoms with Gasteiger partial charge in [0, 0.05) is 29.7 Å². The first-order valence-corrected chi connectivity index (χ1v) is 9.37. The monoisotopic (exact) mass is 330 g/mol. The molecule has 1 aliphatic heterocycles. The molecule has 2 heterocycles. The Morgan fingerprint density at radius 1 is 1.08 bits per heavy atom. The van der Waals surface area contributed by atoms with Crippen LogP contribution in [0.2, 0.25) is 0 Å². The number of H-pyrrole nitrogens is 1. The summed E-state index contributed by atoms with van der Waals surface area (Å²) < 4.78 is 0. The molecule has 3 aromatic rings. The number of aromatic nitrogens is 1. The van der Waals surface area contributed by atoms with Crippen molar-refractivity contribution in [2.24, 2.45) is 0 Å². The molecule has 2 heteroatoms. The number of nitrogens with one attached hydrogen (secondary N) is 2. The summed E-state index contributed by atoms with van der Waals surface area (Å²) in [4.78, 5) is 3.42. The van der Waals surface area contributed by atoms with Crippen molar-refractivity contribution in [1.29, 1.82) is 0 Å². The van der Waals surface area contributed by atoms with Crippen molar-refractivity contribution in [3.05, 3.63) is 76.5 Å². The largest absolute Gasteiger partial charge is 0.360 e. The highest BCUT2D eigenvalue weighted by Crippen LogP contribution is 2.29. The first-order valence-electron chi connectivity index (χ1n) is 9.37. The van der Waals surface area contributed by atoms with E-state index in [4.69, 9.17) is 0 Å². The Hall–Kier alpha value is -2.32. The van der Waals surface area contributed by atoms with Crippen LogP contribution >= 0.6 is 0 Å². The lowest BCUT2D eigenvalue weighted by Crippen LogP contribution is -2.06. The van der Waals surface area contributed by atoms with Crippen molar-refractivity contribution in [2.45, 2.75) is 45.7 Å². The Labute approximate surface area is 150 Å². The maximum atomic E-state index is 3.42. The van der Waals surface area contributed by atoms with E-state index in [1.54, 1.807) is 0 Å². The maximum Gasteiger partial charge on any atom is 0.0533 e. The summed E-state index contributed by atoms with van der Waals surface area (Å²) >= 11 is 0. The van der Waals surface area contributed by atoms with Crippen LogP contribution in [0.5, 0.6) is 0 Å². The Morgan fingerprint density at radius 3 is 2.80 bits per heavy atom. The second-order valence-electron chi connectivity index (χ2n) is 6.97. The van der Waals surface area contributed by atoms with Crippen LogP contribution < -0.4 is 5.32 Å². The average molecular weight is 330 g/mol. The van der Waals surface area contributed by atoms with E-state index in [1.165, 1.54) is 51.6 Å². The van der Waals surface area contributed by atoms with Crippen molar-refractivity contribution >= 4 is 17.0 Å². The average Bonchev–Trinajstić information content (AvgIpc) is 3.26. The predicted molar refractivity (Wildman–Crippen MR) is 107 cm³/mol. The number of aromatic amines is 1. The summed E-state index contributed by atoms with van der Waals surface area (Å²) in [7, 11) is 0. The quantitative estimate of drug-likeness (QED) is 0.602. The molecule has 0 fully saturated rings. The second-order valence-corrected chi connectivity index (χ2v) is 6.97. The van der Waals surface area contributed by atoms with E-state index >= 15 is 0 Å². The van der Waals surface area contributed by atoms with Crippen molar-refractivity contribution in [1.82, 2.24) is 10.3 Å². The molecule has 2 nitrogen and oxygen atoms in total. The van der Waals surface area contributed by atoms with Gasteiger partial charge in [0.1, 0.15) is 0 Å². The van der Waals surface area contributed by atoms with E-state index in [-0.39, 0.29) is 0 Å². The number of hydrogen-bond donors (Lipinski definition) is 2. The molecule has 0 spiro atoms. The fourth-order valence-corrected chi connectivity index (χ4v) is 3.95. The van der Waals surface area contributed by atoms with Crippen LogP contribution in [-0.2, 0) is 19.4 Å². The van der Waals surface area contributed by atoms with Crippen LogP contribution in [0.25, 0.3) is 17.0 Å². The van der Waals surface area contributed by atoms with Gasteiger partial charge < -0.3 is 10.3 Å². The number of fused-ring (bicyclic) bond motifs is 4. The Balaban J connectivity index is 0.000000136. The standard InChI is InChI=1S/C14H15N.C9H11N/c1-2-10-9-15-14-12-6-4-3-5-11(12)7-8-13(10)14;1-7-9-5-3-2-4-8(9)6-10-7/h4,6-9,15H,2-3,5H2,1H3;2-5,7,10H,6H2,1H3. The second kappa shape index (κ2) is 6.89. The number of allylic oxidation sites excluding steroid dienone is 1. The van der Waals surface area contributed by atoms with E-state index in [1.807, 2.05) is 0 Å². The van der Waals surface area contributed by atoms with Crippen molar-refractivity contribution in [3.8, 4) is 0 Å². The van der Waals surface area contributed by atoms with E-state index < -0.39 is 0 Å². The van der Waals surface area contributed by atoms with Gasteiger partial charge in [-0.15, -0.1) is 0 Å². The molecular formula is C23H26N2. The topological polar surface area (TPSA) is 27.8 Å². The Bertz CT molecular complexity index is 917. The molecule has 0 saturated heterocycles. The summed E-state index contributed by atoms with van der Waals surface area (Å²) in [5.41, 5.74) is 8.54. The van der Waals surface area contributed by atoms with Gasteiger partial charge in [-0.3, -0.25) is 0 Å². The molecule has 1 aromatic heterocycles. The molecule has 1 unspecified atom stereocenters. The molecule has 2 aromatic carbocycles. The highest BCUT2D eigenvalue weighted by molar-refractivity contribution is 5.92. The SMILES string of the molecule is CC1NCc2ccccc21.CCc1c[nH]c2c3c(ccc12)CCC=C3. The summed E-state index contributed by atoms with van der Waals surface area (Å²) in [5, 5.41) is 4.78. The van der Waals surface area contributed by atoms with Gasteiger partial charge in [0.25, 0.3) is 0 Å². The van der Waals surface area contributed by atoms with Gasteiger partial charge in [-0.1, -0.05) is 55.5 Å². The fourth-order valence-electron chi connectivity index (χ4n) is 3.95. The number of aryl methyl sites for hydroxylation is 2. The third-order valence-corrected chi connectivity index (χ3v) is 5.44. The molecule has 25 heavy (non-hydrogen) atoms. The van der Waals surface area contributed by atoms with Crippen LogP contribution in [0, 0.1) is 0 Å². The minimum atomic E-state index is 0.552.